The molecule has 0 atom stereocenters. The van der Waals surface area contributed by atoms with Gasteiger partial charge in [-0.3, -0.25) is 0 Å². The van der Waals surface area contributed by atoms with Crippen LogP contribution in [0.5, 0.6) is 0 Å². The van der Waals surface area contributed by atoms with E-state index in [1.165, 1.54) is 165 Å². The van der Waals surface area contributed by atoms with Gasteiger partial charge in [-0.05, 0) is 313 Å². The molecule has 0 saturated carbocycles. The molecule has 142 heavy (non-hydrogen) atoms. The molecule has 24 aromatic rings. The molecule has 0 spiro atoms. The molecule has 0 aliphatic heterocycles. The van der Waals surface area contributed by atoms with Crippen LogP contribution >= 0.6 is 0 Å². The Morgan fingerprint density at radius 3 is 0.585 bits per heavy atom. The molecule has 7 nitrogen and oxygen atoms in total. The van der Waals surface area contributed by atoms with Crippen molar-refractivity contribution in [2.75, 3.05) is 0 Å². The normalized spacial score (nSPS) is 11.3. The van der Waals surface area contributed by atoms with Crippen molar-refractivity contribution in [2.45, 2.75) is 0 Å². The lowest BCUT2D eigenvalue weighted by Gasteiger charge is -2.21. The van der Waals surface area contributed by atoms with Crippen LogP contribution in [0.25, 0.3) is 279 Å². The average molecular weight is 1790 g/mol. The molecule has 0 amide bonds. The second-order valence-corrected chi connectivity index (χ2v) is 36.0. The van der Waals surface area contributed by atoms with Crippen molar-refractivity contribution >= 4 is 103 Å². The standard InChI is InChI=1S/3C34H18N2.C33H19N/c1-35-28-19-7-5-15-24(28)31-22-13-3-4-14-23(22)32(25-16-6-8-20-29(25)36-2)34-27-18-10-12-21-11-9-17-26(30(21)27)33(31)34;35-19-21-7-3-11-24(17-21)31-26-13-1-2-14-27(26)32(25-12-4-8-22(18-25)20-36)34-29-16-6-10-23-9-5-15-28(30(23)29)33(31)34;35-19-21-11-15-24(16-12-21)31-26-7-1-2-8-27(26)32(25-17-13-22(20-36)14-18-25)34-29-10-4-6-23-5-3-9-28(30(23)29)33(31)34;1-34-28-20-8-7-17-25(28)31-24-16-6-5-15-23(24)30(22-11-3-2-4-12-22)32-26-18-9-13-21-14-10-19-27(29(21)26)33(31)32/h3-20H;2*1-18H;2-20H. The Morgan fingerprint density at radius 1 is 0.148 bits per heavy atom. The highest BCUT2D eigenvalue weighted by atomic mass is 14.7. The Labute approximate surface area is 820 Å². The maximum Gasteiger partial charge on any atom is 0.194 e. The van der Waals surface area contributed by atoms with Crippen molar-refractivity contribution in [1.82, 2.24) is 0 Å². The largest absolute Gasteiger partial charge is 0.238 e. The van der Waals surface area contributed by atoms with E-state index in [0.717, 1.165) is 99.4 Å². The summed E-state index contributed by atoms with van der Waals surface area (Å²) in [4.78, 5) is 11.7. The molecule has 0 aromatic heterocycles. The molecule has 0 radical (unpaired) electrons. The molecule has 0 bridgehead atoms. The molecular formula is C135H73N7. The zero-order chi connectivity index (χ0) is 95.3. The Morgan fingerprint density at radius 2 is 0.338 bits per heavy atom. The van der Waals surface area contributed by atoms with Crippen molar-refractivity contribution in [3.63, 3.8) is 0 Å². The number of hydrogen-bond acceptors (Lipinski definition) is 4. The highest BCUT2D eigenvalue weighted by Gasteiger charge is 2.37. The van der Waals surface area contributed by atoms with Crippen molar-refractivity contribution in [1.29, 1.82) is 21.0 Å². The third-order valence-corrected chi connectivity index (χ3v) is 28.7. The van der Waals surface area contributed by atoms with Gasteiger partial charge in [0.05, 0.1) is 66.2 Å². The SMILES string of the molecule is N#Cc1ccc(-c2c3c(c(-c4ccc(C#N)cc4)c4ccccc24)-c2cccc4cccc-3c24)cc1.N#Cc1cccc(-c2c3c(c(-c4cccc(C#N)c4)c4ccccc24)-c2cccc4cccc-3c24)c1.[C-]#[N+]c1ccccc1-c1c2c(c(-c3ccccc3)c3ccccc13)-c1cccc3cccc-2c13.[C-]#[N+]c1ccccc1-c1c2c(c(-c3ccccc3[N+]#[C-])c3ccccc13)-c1cccc3cccc-2c13. The van der Waals surface area contributed by atoms with Gasteiger partial charge in [0.2, 0.25) is 0 Å². The minimum atomic E-state index is 0.641. The van der Waals surface area contributed by atoms with Crippen LogP contribution < -0.4 is 0 Å². The first-order chi connectivity index (χ1) is 70.2. The molecular weight excluding hydrogens is 1720 g/mol. The smallest absolute Gasteiger partial charge is 0.194 e. The second kappa shape index (κ2) is 34.3. The first kappa shape index (κ1) is 83.6. The van der Waals surface area contributed by atoms with Crippen LogP contribution in [0.2, 0.25) is 0 Å². The van der Waals surface area contributed by atoms with Crippen LogP contribution in [0.3, 0.4) is 0 Å². The first-order valence-electron chi connectivity index (χ1n) is 47.2. The summed E-state index contributed by atoms with van der Waals surface area (Å²) in [6.07, 6.45) is 0. The number of para-hydroxylation sites is 3. The summed E-state index contributed by atoms with van der Waals surface area (Å²) >= 11 is 0. The number of fused-ring (bicyclic) bond motifs is 16. The van der Waals surface area contributed by atoms with Gasteiger partial charge < -0.3 is 0 Å². The molecule has 4 aliphatic rings. The van der Waals surface area contributed by atoms with Crippen LogP contribution in [0, 0.1) is 65.0 Å². The fourth-order valence-electron chi connectivity index (χ4n) is 23.1. The van der Waals surface area contributed by atoms with E-state index in [9.17, 15) is 21.0 Å². The van der Waals surface area contributed by atoms with Crippen LogP contribution in [-0.4, -0.2) is 0 Å². The maximum absolute atomic E-state index is 9.65. The first-order valence-corrected chi connectivity index (χ1v) is 47.2. The summed E-state index contributed by atoms with van der Waals surface area (Å²) in [5, 5.41) is 57.2. The van der Waals surface area contributed by atoms with Gasteiger partial charge in [-0.2, -0.15) is 21.0 Å². The third-order valence-electron chi connectivity index (χ3n) is 28.7. The molecule has 0 saturated heterocycles. The van der Waals surface area contributed by atoms with Crippen LogP contribution in [0.4, 0.5) is 17.1 Å². The molecule has 0 unspecified atom stereocenters. The van der Waals surface area contributed by atoms with E-state index in [0.29, 0.717) is 39.3 Å². The molecule has 7 heteroatoms. The van der Waals surface area contributed by atoms with Gasteiger partial charge in [-0.1, -0.05) is 394 Å². The van der Waals surface area contributed by atoms with E-state index in [1.54, 1.807) is 0 Å². The Kier molecular flexibility index (Phi) is 20.2. The quantitative estimate of drug-likeness (QED) is 0.141. The lowest BCUT2D eigenvalue weighted by molar-refractivity contribution is 1.48. The van der Waals surface area contributed by atoms with Crippen molar-refractivity contribution < 1.29 is 0 Å². The molecule has 0 fully saturated rings. The van der Waals surface area contributed by atoms with Gasteiger partial charge in [0, 0.05) is 0 Å². The number of benzene rings is 24. The summed E-state index contributed by atoms with van der Waals surface area (Å²) in [6.45, 7) is 23.7. The summed E-state index contributed by atoms with van der Waals surface area (Å²) < 4.78 is 0. The van der Waals surface area contributed by atoms with Crippen molar-refractivity contribution in [2.24, 2.45) is 0 Å². The lowest BCUT2D eigenvalue weighted by atomic mass is 9.82. The van der Waals surface area contributed by atoms with E-state index in [4.69, 9.17) is 19.7 Å². The van der Waals surface area contributed by atoms with E-state index in [-0.39, 0.29) is 0 Å². The van der Waals surface area contributed by atoms with Crippen LogP contribution in [0.1, 0.15) is 22.3 Å². The minimum absolute atomic E-state index is 0.641. The summed E-state index contributed by atoms with van der Waals surface area (Å²) in [6, 6.07) is 162. The molecule has 0 heterocycles. The molecule has 648 valence electrons. The monoisotopic (exact) mass is 1790 g/mol. The average Bonchev–Trinajstić information content (AvgIpc) is 1.54. The topological polar surface area (TPSA) is 108 Å². The van der Waals surface area contributed by atoms with E-state index in [1.807, 2.05) is 115 Å². The second-order valence-electron chi connectivity index (χ2n) is 36.0. The molecule has 4 aliphatic carbocycles. The van der Waals surface area contributed by atoms with E-state index in [2.05, 4.69) is 366 Å². The van der Waals surface area contributed by atoms with Gasteiger partial charge in [0.25, 0.3) is 0 Å². The van der Waals surface area contributed by atoms with Crippen molar-refractivity contribution in [3.8, 4) is 202 Å². The van der Waals surface area contributed by atoms with Gasteiger partial charge in [0.1, 0.15) is 0 Å². The maximum atomic E-state index is 9.65. The molecule has 24 aromatic carbocycles. The Bertz CT molecular complexity index is 9520. The third kappa shape index (κ3) is 13.1. The summed E-state index contributed by atoms with van der Waals surface area (Å²) in [7, 11) is 0. The van der Waals surface area contributed by atoms with Gasteiger partial charge in [-0.15, -0.1) is 0 Å². The predicted octanol–water partition coefficient (Wildman–Crippen LogP) is 37.0. The number of nitrogens with zero attached hydrogens (tertiary/aromatic N) is 7. The zero-order valence-electron chi connectivity index (χ0n) is 76.3. The Balaban J connectivity index is 0.0000000995. The number of hydrogen-bond donors (Lipinski definition) is 0. The zero-order valence-corrected chi connectivity index (χ0v) is 76.3. The summed E-state index contributed by atoms with van der Waals surface area (Å²) in [5.74, 6) is 0. The van der Waals surface area contributed by atoms with Gasteiger partial charge in [-0.25, -0.2) is 14.5 Å². The number of nitriles is 4. The lowest BCUT2D eigenvalue weighted by Crippen LogP contribution is -1.94. The molecule has 28 rings (SSSR count). The fraction of sp³-hybridized carbons (Fsp3) is 0. The van der Waals surface area contributed by atoms with Crippen LogP contribution in [-0.2, 0) is 0 Å². The highest BCUT2D eigenvalue weighted by molar-refractivity contribution is 6.33. The highest BCUT2D eigenvalue weighted by Crippen LogP contribution is 2.64. The minimum Gasteiger partial charge on any atom is -0.238 e. The van der Waals surface area contributed by atoms with E-state index < -0.39 is 0 Å². The summed E-state index contributed by atoms with van der Waals surface area (Å²) in [5.41, 5.74) is 41.5. The van der Waals surface area contributed by atoms with E-state index >= 15 is 0 Å². The Hall–Kier alpha value is -20.2. The van der Waals surface area contributed by atoms with Crippen LogP contribution in [0.15, 0.2) is 443 Å². The fourth-order valence-corrected chi connectivity index (χ4v) is 23.1. The molecule has 0 N–H and O–H groups in total. The van der Waals surface area contributed by atoms with Crippen molar-refractivity contribution in [3.05, 3.63) is 499 Å². The number of rotatable bonds is 8. The van der Waals surface area contributed by atoms with Gasteiger partial charge >= 0.3 is 0 Å². The van der Waals surface area contributed by atoms with Gasteiger partial charge in [0.15, 0.2) is 17.1 Å². The predicted molar refractivity (Wildman–Crippen MR) is 585 cm³/mol.